The van der Waals surface area contributed by atoms with Gasteiger partial charge in [-0.25, -0.2) is 0 Å². The van der Waals surface area contributed by atoms with E-state index in [1.807, 2.05) is 71.3 Å². The lowest BCUT2D eigenvalue weighted by molar-refractivity contribution is 0.0892. The number of ether oxygens (including phenoxy) is 1. The van der Waals surface area contributed by atoms with Gasteiger partial charge in [-0.15, -0.1) is 0 Å². The topological polar surface area (TPSA) is 66.7 Å². The molecule has 192 valence electrons. The number of hydrogen-bond acceptors (Lipinski definition) is 4. The Balaban J connectivity index is 1.40. The molecule has 0 bridgehead atoms. The van der Waals surface area contributed by atoms with Gasteiger partial charge in [-0.05, 0) is 74.2 Å². The predicted molar refractivity (Wildman–Crippen MR) is 147 cm³/mol. The number of likely N-dealkylation sites (tertiary alicyclic amines) is 1. The molecule has 3 aromatic carbocycles. The van der Waals surface area contributed by atoms with Crippen molar-refractivity contribution in [2.75, 3.05) is 13.1 Å². The van der Waals surface area contributed by atoms with Gasteiger partial charge in [-0.3, -0.25) is 4.79 Å². The number of nitrogens with one attached hydrogen (secondary N) is 1. The zero-order chi connectivity index (χ0) is 25.8. The molecule has 0 saturated carbocycles. The first-order chi connectivity index (χ1) is 18.0. The van der Waals surface area contributed by atoms with Crippen LogP contribution in [-0.4, -0.2) is 45.7 Å². The lowest BCUT2D eigenvalue weighted by atomic mass is 10.0. The molecule has 0 atom stereocenters. The fraction of sp³-hybridized carbons (Fsp3) is 0.323. The van der Waals surface area contributed by atoms with Crippen molar-refractivity contribution in [2.45, 2.75) is 51.9 Å². The van der Waals surface area contributed by atoms with Crippen molar-refractivity contribution in [1.29, 1.82) is 0 Å². The van der Waals surface area contributed by atoms with Gasteiger partial charge >= 0.3 is 0 Å². The Kier molecular flexibility index (Phi) is 7.47. The molecule has 0 radical (unpaired) electrons. The summed E-state index contributed by atoms with van der Waals surface area (Å²) in [6.45, 7) is 7.40. The molecule has 6 heteroatoms. The van der Waals surface area contributed by atoms with Gasteiger partial charge in [0.1, 0.15) is 23.8 Å². The van der Waals surface area contributed by atoms with Gasteiger partial charge in [0.2, 0.25) is 0 Å². The minimum absolute atomic E-state index is 0.0638. The maximum absolute atomic E-state index is 13.5. The molecule has 1 saturated heterocycles. The summed E-state index contributed by atoms with van der Waals surface area (Å²) >= 11 is 0. The number of nitrogens with zero attached hydrogens (tertiary/aromatic N) is 2. The first-order valence-electron chi connectivity index (χ1n) is 13.1. The molecule has 1 aromatic heterocycles. The number of benzene rings is 3. The van der Waals surface area contributed by atoms with E-state index in [2.05, 4.69) is 24.1 Å². The summed E-state index contributed by atoms with van der Waals surface area (Å²) < 4.78 is 8.08. The molecule has 0 aliphatic carbocycles. The van der Waals surface area contributed by atoms with Gasteiger partial charge in [0.25, 0.3) is 5.91 Å². The third-order valence-electron chi connectivity index (χ3n) is 7.20. The first-order valence-corrected chi connectivity index (χ1v) is 13.1. The summed E-state index contributed by atoms with van der Waals surface area (Å²) in [4.78, 5) is 16.0. The Morgan fingerprint density at radius 2 is 1.73 bits per heavy atom. The normalized spacial score (nSPS) is 14.8. The summed E-state index contributed by atoms with van der Waals surface area (Å²) in [7, 11) is 0. The molecule has 1 aliphatic rings. The van der Waals surface area contributed by atoms with E-state index in [1.165, 1.54) is 0 Å². The number of phenolic OH excluding ortho intramolecular Hbond substituents is 1. The van der Waals surface area contributed by atoms with Gasteiger partial charge in [-0.1, -0.05) is 42.5 Å². The maximum Gasteiger partial charge on any atom is 0.268 e. The van der Waals surface area contributed by atoms with Gasteiger partial charge in [-0.2, -0.15) is 0 Å². The zero-order valence-corrected chi connectivity index (χ0v) is 21.6. The number of aromatic hydroxyl groups is 1. The van der Waals surface area contributed by atoms with Crippen LogP contribution < -0.4 is 10.1 Å². The van der Waals surface area contributed by atoms with Crippen molar-refractivity contribution in [3.63, 3.8) is 0 Å². The third-order valence-corrected chi connectivity index (χ3v) is 7.20. The Hall–Kier alpha value is -3.77. The molecular formula is C31H35N3O3. The van der Waals surface area contributed by atoms with Crippen molar-refractivity contribution in [3.05, 3.63) is 95.7 Å². The van der Waals surface area contributed by atoms with E-state index in [4.69, 9.17) is 4.74 Å². The SMILES string of the molecule is CC(C)N1CCC(NC(=O)c2cc3cc(OCc4ccccc4)ccc3n2Cc2cccc(O)c2)CC1. The number of amides is 1. The van der Waals surface area contributed by atoms with E-state index in [9.17, 15) is 9.90 Å². The van der Waals surface area contributed by atoms with E-state index < -0.39 is 0 Å². The average Bonchev–Trinajstić information content (AvgIpc) is 3.26. The van der Waals surface area contributed by atoms with Crippen molar-refractivity contribution >= 4 is 16.8 Å². The second-order valence-electron chi connectivity index (χ2n) is 10.2. The van der Waals surface area contributed by atoms with Crippen LogP contribution in [0, 0.1) is 0 Å². The number of rotatable bonds is 8. The Morgan fingerprint density at radius 1 is 0.973 bits per heavy atom. The number of piperidine rings is 1. The Labute approximate surface area is 218 Å². The maximum atomic E-state index is 13.5. The smallest absolute Gasteiger partial charge is 0.268 e. The molecule has 37 heavy (non-hydrogen) atoms. The molecule has 4 aromatic rings. The van der Waals surface area contributed by atoms with Crippen LogP contribution in [0.4, 0.5) is 0 Å². The Bertz CT molecular complexity index is 1350. The van der Waals surface area contributed by atoms with Crippen LogP contribution in [-0.2, 0) is 13.2 Å². The lowest BCUT2D eigenvalue weighted by Gasteiger charge is -2.34. The largest absolute Gasteiger partial charge is 0.508 e. The summed E-state index contributed by atoms with van der Waals surface area (Å²) in [6.07, 6.45) is 1.91. The van der Waals surface area contributed by atoms with Crippen LogP contribution >= 0.6 is 0 Å². The highest BCUT2D eigenvalue weighted by molar-refractivity contribution is 5.99. The average molecular weight is 498 g/mol. The molecule has 0 unspecified atom stereocenters. The van der Waals surface area contributed by atoms with Crippen molar-refractivity contribution < 1.29 is 14.6 Å². The highest BCUT2D eigenvalue weighted by atomic mass is 16.5. The number of fused-ring (bicyclic) bond motifs is 1. The monoisotopic (exact) mass is 497 g/mol. The highest BCUT2D eigenvalue weighted by Gasteiger charge is 2.24. The van der Waals surface area contributed by atoms with E-state index in [-0.39, 0.29) is 17.7 Å². The highest BCUT2D eigenvalue weighted by Crippen LogP contribution is 2.27. The van der Waals surface area contributed by atoms with E-state index in [0.29, 0.717) is 24.9 Å². The van der Waals surface area contributed by atoms with E-state index in [0.717, 1.165) is 53.7 Å². The van der Waals surface area contributed by atoms with E-state index in [1.54, 1.807) is 12.1 Å². The molecule has 2 N–H and O–H groups in total. The van der Waals surface area contributed by atoms with Crippen LogP contribution in [0.5, 0.6) is 11.5 Å². The molecule has 6 nitrogen and oxygen atoms in total. The van der Waals surface area contributed by atoms with Gasteiger partial charge < -0.3 is 24.6 Å². The second-order valence-corrected chi connectivity index (χ2v) is 10.2. The molecule has 1 fully saturated rings. The molecule has 1 aliphatic heterocycles. The summed E-state index contributed by atoms with van der Waals surface area (Å²) in [5.41, 5.74) is 3.61. The minimum Gasteiger partial charge on any atom is -0.508 e. The van der Waals surface area contributed by atoms with Crippen LogP contribution in [0.15, 0.2) is 78.9 Å². The third kappa shape index (κ3) is 5.97. The summed E-state index contributed by atoms with van der Waals surface area (Å²) in [5, 5.41) is 14.2. The predicted octanol–water partition coefficient (Wildman–Crippen LogP) is 5.58. The van der Waals surface area contributed by atoms with Gasteiger partial charge in [0.05, 0.1) is 0 Å². The number of aromatic nitrogens is 1. The molecule has 5 rings (SSSR count). The quantitative estimate of drug-likeness (QED) is 0.334. The molecule has 0 spiro atoms. The van der Waals surface area contributed by atoms with Gasteiger partial charge in [0, 0.05) is 42.6 Å². The van der Waals surface area contributed by atoms with E-state index >= 15 is 0 Å². The fourth-order valence-corrected chi connectivity index (χ4v) is 5.10. The number of phenols is 1. The zero-order valence-electron chi connectivity index (χ0n) is 21.6. The second kappa shape index (κ2) is 11.1. The van der Waals surface area contributed by atoms with Crippen LogP contribution in [0.3, 0.4) is 0 Å². The number of hydrogen-bond donors (Lipinski definition) is 2. The minimum atomic E-state index is -0.0638. The fourth-order valence-electron chi connectivity index (χ4n) is 5.10. The standard InChI is InChI=1S/C31H35N3O3/c1-22(2)33-15-13-26(14-16-33)32-31(36)30-19-25-18-28(37-21-23-7-4-3-5-8-23)11-12-29(25)34(30)20-24-9-6-10-27(35)17-24/h3-12,17-19,22,26,35H,13-16,20-21H2,1-2H3,(H,32,36). The summed E-state index contributed by atoms with van der Waals surface area (Å²) in [6, 6.07) is 25.9. The van der Waals surface area contributed by atoms with Crippen LogP contribution in [0.2, 0.25) is 0 Å². The summed E-state index contributed by atoms with van der Waals surface area (Å²) in [5.74, 6) is 0.915. The number of carbonyl (C=O) groups excluding carboxylic acids is 1. The van der Waals surface area contributed by atoms with Crippen LogP contribution in [0.1, 0.15) is 48.3 Å². The van der Waals surface area contributed by atoms with Crippen molar-refractivity contribution in [2.24, 2.45) is 0 Å². The molecule has 1 amide bonds. The first kappa shape index (κ1) is 24.9. The van der Waals surface area contributed by atoms with Crippen molar-refractivity contribution in [1.82, 2.24) is 14.8 Å². The lowest BCUT2D eigenvalue weighted by Crippen LogP contribution is -2.46. The number of carbonyl (C=O) groups is 1. The molecule has 2 heterocycles. The van der Waals surface area contributed by atoms with Crippen molar-refractivity contribution in [3.8, 4) is 11.5 Å². The van der Waals surface area contributed by atoms with Crippen LogP contribution in [0.25, 0.3) is 10.9 Å². The van der Waals surface area contributed by atoms with Gasteiger partial charge in [0.15, 0.2) is 0 Å². The molecular weight excluding hydrogens is 462 g/mol. The Morgan fingerprint density at radius 3 is 2.46 bits per heavy atom.